The predicted octanol–water partition coefficient (Wildman–Crippen LogP) is 2.77. The number of carboxylic acid groups (broad SMARTS) is 1. The molecule has 94 valence electrons. The molecule has 0 amide bonds. The van der Waals surface area contributed by atoms with Crippen molar-refractivity contribution in [1.82, 2.24) is 5.16 Å². The molecule has 4 nitrogen and oxygen atoms in total. The van der Waals surface area contributed by atoms with Crippen LogP contribution in [0.1, 0.15) is 16.1 Å². The van der Waals surface area contributed by atoms with Crippen LogP contribution in [0.2, 0.25) is 0 Å². The maximum Gasteiger partial charge on any atom is 0.341 e. The van der Waals surface area contributed by atoms with Gasteiger partial charge >= 0.3 is 5.97 Å². The molecule has 1 heterocycles. The molecule has 0 fully saturated rings. The quantitative estimate of drug-likeness (QED) is 0.898. The van der Waals surface area contributed by atoms with E-state index in [0.29, 0.717) is 12.1 Å². The van der Waals surface area contributed by atoms with Crippen molar-refractivity contribution in [3.63, 3.8) is 0 Å². The van der Waals surface area contributed by atoms with Gasteiger partial charge in [0.2, 0.25) is 0 Å². The molecule has 0 unspecified atom stereocenters. The van der Waals surface area contributed by atoms with E-state index in [1.807, 2.05) is 0 Å². The summed E-state index contributed by atoms with van der Waals surface area (Å²) in [4.78, 5) is 10.9. The van der Waals surface area contributed by atoms with Gasteiger partial charge in [0.1, 0.15) is 34.5 Å². The molecule has 1 N–H and O–H groups in total. The molecular formula is C11H6F3NO3. The van der Waals surface area contributed by atoms with Crippen LogP contribution < -0.4 is 0 Å². The van der Waals surface area contributed by atoms with E-state index >= 15 is 0 Å². The van der Waals surface area contributed by atoms with Gasteiger partial charge in [-0.15, -0.1) is 0 Å². The zero-order valence-electron chi connectivity index (χ0n) is 9.00. The van der Waals surface area contributed by atoms with E-state index in [4.69, 9.17) is 5.11 Å². The van der Waals surface area contributed by atoms with Crippen molar-refractivity contribution < 1.29 is 27.6 Å². The third-order valence-corrected chi connectivity index (χ3v) is 2.32. The van der Waals surface area contributed by atoms with Gasteiger partial charge in [-0.3, -0.25) is 0 Å². The van der Waals surface area contributed by atoms with Gasteiger partial charge in [0, 0.05) is 12.1 Å². The van der Waals surface area contributed by atoms with Gasteiger partial charge in [-0.25, -0.2) is 18.0 Å². The number of rotatable bonds is 2. The summed E-state index contributed by atoms with van der Waals surface area (Å²) >= 11 is 0. The Hall–Kier alpha value is -2.31. The molecule has 0 bridgehead atoms. The highest BCUT2D eigenvalue weighted by atomic mass is 19.1. The number of nitrogens with zero attached hydrogens (tertiary/aromatic N) is 1. The average Bonchev–Trinajstić information content (AvgIpc) is 2.58. The molecule has 0 atom stereocenters. The van der Waals surface area contributed by atoms with Crippen LogP contribution >= 0.6 is 0 Å². The van der Waals surface area contributed by atoms with Crippen LogP contribution in [0.4, 0.5) is 13.2 Å². The molecule has 2 aromatic rings. The van der Waals surface area contributed by atoms with Crippen molar-refractivity contribution in [2.24, 2.45) is 0 Å². The number of aromatic carboxylic acids is 1. The number of carbonyl (C=O) groups is 1. The summed E-state index contributed by atoms with van der Waals surface area (Å²) in [5.41, 5.74) is -1.69. The first-order valence-corrected chi connectivity index (χ1v) is 4.76. The van der Waals surface area contributed by atoms with Gasteiger partial charge in [0.05, 0.1) is 5.56 Å². The molecule has 0 saturated heterocycles. The van der Waals surface area contributed by atoms with Gasteiger partial charge < -0.3 is 9.63 Å². The average molecular weight is 257 g/mol. The molecule has 0 saturated carbocycles. The molecule has 0 radical (unpaired) electrons. The summed E-state index contributed by atoms with van der Waals surface area (Å²) in [6.07, 6.45) is 0. The Morgan fingerprint density at radius 3 is 2.33 bits per heavy atom. The van der Waals surface area contributed by atoms with E-state index < -0.39 is 40.2 Å². The fourth-order valence-electron chi connectivity index (χ4n) is 1.56. The van der Waals surface area contributed by atoms with Gasteiger partial charge in [0.15, 0.2) is 0 Å². The fraction of sp³-hybridized carbons (Fsp3) is 0.0909. The highest BCUT2D eigenvalue weighted by molar-refractivity contribution is 5.95. The fourth-order valence-corrected chi connectivity index (χ4v) is 1.56. The summed E-state index contributed by atoms with van der Waals surface area (Å²) in [5, 5.41) is 12.2. The van der Waals surface area contributed by atoms with Crippen LogP contribution in [-0.4, -0.2) is 16.2 Å². The molecule has 0 aliphatic rings. The normalized spacial score (nSPS) is 10.7. The monoisotopic (exact) mass is 257 g/mol. The second-order valence-electron chi connectivity index (χ2n) is 3.51. The molecule has 0 aliphatic carbocycles. The van der Waals surface area contributed by atoms with Crippen LogP contribution in [0.25, 0.3) is 11.3 Å². The van der Waals surface area contributed by atoms with E-state index in [9.17, 15) is 18.0 Å². The van der Waals surface area contributed by atoms with Crippen molar-refractivity contribution >= 4 is 5.97 Å². The third-order valence-electron chi connectivity index (χ3n) is 2.32. The van der Waals surface area contributed by atoms with Crippen molar-refractivity contribution in [1.29, 1.82) is 0 Å². The van der Waals surface area contributed by atoms with Crippen molar-refractivity contribution in [3.05, 3.63) is 40.9 Å². The van der Waals surface area contributed by atoms with E-state index in [0.717, 1.165) is 0 Å². The lowest BCUT2D eigenvalue weighted by molar-refractivity contribution is 0.0696. The van der Waals surface area contributed by atoms with Gasteiger partial charge in [-0.1, -0.05) is 5.16 Å². The zero-order chi connectivity index (χ0) is 13.4. The van der Waals surface area contributed by atoms with Gasteiger partial charge in [-0.2, -0.15) is 0 Å². The van der Waals surface area contributed by atoms with Gasteiger partial charge in [-0.05, 0) is 6.92 Å². The van der Waals surface area contributed by atoms with Crippen LogP contribution in [0.3, 0.4) is 0 Å². The second-order valence-corrected chi connectivity index (χ2v) is 3.51. The largest absolute Gasteiger partial charge is 0.477 e. The van der Waals surface area contributed by atoms with Crippen molar-refractivity contribution in [2.75, 3.05) is 0 Å². The first-order chi connectivity index (χ1) is 8.41. The van der Waals surface area contributed by atoms with Crippen molar-refractivity contribution in [3.8, 4) is 11.3 Å². The predicted molar refractivity (Wildman–Crippen MR) is 53.5 cm³/mol. The number of aryl methyl sites for hydroxylation is 1. The summed E-state index contributed by atoms with van der Waals surface area (Å²) in [6.45, 7) is 1.29. The Morgan fingerprint density at radius 1 is 1.28 bits per heavy atom. The highest BCUT2D eigenvalue weighted by Gasteiger charge is 2.26. The minimum atomic E-state index is -1.44. The van der Waals surface area contributed by atoms with E-state index in [-0.39, 0.29) is 5.76 Å². The standard InChI is InChI=1S/C11H6F3NO3/c1-4-8(11(16)17)10(15-18-4)9-6(13)2-5(12)3-7(9)14/h2-3H,1H3,(H,16,17). The molecule has 0 aliphatic heterocycles. The van der Waals surface area contributed by atoms with Crippen LogP contribution in [0, 0.1) is 24.4 Å². The van der Waals surface area contributed by atoms with E-state index in [1.54, 1.807) is 0 Å². The molecule has 1 aromatic heterocycles. The molecular weight excluding hydrogens is 251 g/mol. The lowest BCUT2D eigenvalue weighted by Crippen LogP contribution is -2.02. The maximum absolute atomic E-state index is 13.5. The second kappa shape index (κ2) is 4.17. The first kappa shape index (κ1) is 12.2. The molecule has 1 aromatic carbocycles. The molecule has 2 rings (SSSR count). The van der Waals surface area contributed by atoms with Crippen LogP contribution in [0.15, 0.2) is 16.7 Å². The molecule has 0 spiro atoms. The molecule has 7 heteroatoms. The highest BCUT2D eigenvalue weighted by Crippen LogP contribution is 2.30. The number of benzene rings is 1. The zero-order valence-corrected chi connectivity index (χ0v) is 9.00. The SMILES string of the molecule is Cc1onc(-c2c(F)cc(F)cc2F)c1C(=O)O. The Balaban J connectivity index is 2.74. The van der Waals surface area contributed by atoms with E-state index in [1.165, 1.54) is 6.92 Å². The number of aromatic nitrogens is 1. The topological polar surface area (TPSA) is 63.3 Å². The molecule has 18 heavy (non-hydrogen) atoms. The van der Waals surface area contributed by atoms with Crippen LogP contribution in [-0.2, 0) is 0 Å². The Labute approximate surface area is 98.6 Å². The summed E-state index contributed by atoms with van der Waals surface area (Å²) in [6, 6.07) is 0.877. The van der Waals surface area contributed by atoms with E-state index in [2.05, 4.69) is 9.68 Å². The summed E-state index contributed by atoms with van der Waals surface area (Å²) in [7, 11) is 0. The number of hydrogen-bond acceptors (Lipinski definition) is 3. The minimum Gasteiger partial charge on any atom is -0.477 e. The van der Waals surface area contributed by atoms with Crippen molar-refractivity contribution in [2.45, 2.75) is 6.92 Å². The van der Waals surface area contributed by atoms with Gasteiger partial charge in [0.25, 0.3) is 0 Å². The minimum absolute atomic E-state index is 0.0966. The number of carboxylic acids is 1. The summed E-state index contributed by atoms with van der Waals surface area (Å²) < 4.78 is 44.3. The summed E-state index contributed by atoms with van der Waals surface area (Å²) in [5.74, 6) is -5.13. The third kappa shape index (κ3) is 1.83. The van der Waals surface area contributed by atoms with Crippen LogP contribution in [0.5, 0.6) is 0 Å². The number of halogens is 3. The lowest BCUT2D eigenvalue weighted by Gasteiger charge is -2.02. The first-order valence-electron chi connectivity index (χ1n) is 4.76. The maximum atomic E-state index is 13.5. The number of hydrogen-bond donors (Lipinski definition) is 1. The lowest BCUT2D eigenvalue weighted by atomic mass is 10.1. The Morgan fingerprint density at radius 2 is 1.83 bits per heavy atom. The smallest absolute Gasteiger partial charge is 0.341 e. The Bertz CT molecular complexity index is 613. The Kier molecular flexibility index (Phi) is 2.82.